The highest BCUT2D eigenvalue weighted by Crippen LogP contribution is 2.37. The minimum Gasteiger partial charge on any atom is -0.398 e. The molecule has 0 unspecified atom stereocenters. The molecule has 1 aliphatic rings. The van der Waals surface area contributed by atoms with Crippen molar-refractivity contribution in [1.29, 1.82) is 0 Å². The molecule has 2 rings (SSSR count). The van der Waals surface area contributed by atoms with Gasteiger partial charge in [0.2, 0.25) is 0 Å². The molecule has 3 heteroatoms. The third kappa shape index (κ3) is 3.17. The molecule has 1 fully saturated rings. The van der Waals surface area contributed by atoms with Crippen LogP contribution < -0.4 is 10.6 Å². The Kier molecular flexibility index (Phi) is 4.00. The van der Waals surface area contributed by atoms with Gasteiger partial charge in [-0.2, -0.15) is 0 Å². The topological polar surface area (TPSA) is 29.3 Å². The van der Waals surface area contributed by atoms with E-state index in [0.29, 0.717) is 16.1 Å². The van der Waals surface area contributed by atoms with Crippen molar-refractivity contribution >= 4 is 23.0 Å². The van der Waals surface area contributed by atoms with Gasteiger partial charge in [0.25, 0.3) is 0 Å². The van der Waals surface area contributed by atoms with Gasteiger partial charge in [-0.25, -0.2) is 0 Å². The Hall–Kier alpha value is -0.890. The van der Waals surface area contributed by atoms with Gasteiger partial charge in [0, 0.05) is 18.8 Å². The van der Waals surface area contributed by atoms with E-state index in [1.54, 1.807) is 0 Å². The van der Waals surface area contributed by atoms with Gasteiger partial charge in [-0.3, -0.25) is 0 Å². The van der Waals surface area contributed by atoms with Gasteiger partial charge < -0.3 is 10.6 Å². The lowest BCUT2D eigenvalue weighted by molar-refractivity contribution is 0.199. The molecule has 1 saturated heterocycles. The molecule has 1 heterocycles. The van der Waals surface area contributed by atoms with Crippen molar-refractivity contribution in [2.24, 2.45) is 11.3 Å². The second-order valence-corrected chi connectivity index (χ2v) is 7.19. The van der Waals surface area contributed by atoms with Gasteiger partial charge in [0.05, 0.1) is 10.7 Å². The summed E-state index contributed by atoms with van der Waals surface area (Å²) < 4.78 is 0. The first-order valence-electron chi connectivity index (χ1n) is 7.09. The molecule has 19 heavy (non-hydrogen) atoms. The number of halogens is 1. The van der Waals surface area contributed by atoms with Gasteiger partial charge >= 0.3 is 0 Å². The van der Waals surface area contributed by atoms with Crippen LogP contribution >= 0.6 is 11.6 Å². The van der Waals surface area contributed by atoms with Crippen LogP contribution in [0.4, 0.5) is 11.4 Å². The number of hydrogen-bond donors (Lipinski definition) is 1. The van der Waals surface area contributed by atoms with E-state index in [-0.39, 0.29) is 0 Å². The Balaban J connectivity index is 2.12. The second-order valence-electron chi connectivity index (χ2n) is 6.79. The zero-order chi connectivity index (χ0) is 14.2. The smallest absolute Gasteiger partial charge is 0.0656 e. The summed E-state index contributed by atoms with van der Waals surface area (Å²) in [4.78, 5) is 2.45. The van der Waals surface area contributed by atoms with Crippen molar-refractivity contribution in [3.63, 3.8) is 0 Å². The van der Waals surface area contributed by atoms with E-state index in [1.807, 2.05) is 12.1 Å². The van der Waals surface area contributed by atoms with E-state index in [4.69, 9.17) is 17.3 Å². The summed E-state index contributed by atoms with van der Waals surface area (Å²) >= 11 is 6.15. The third-order valence-corrected chi connectivity index (χ3v) is 4.70. The summed E-state index contributed by atoms with van der Waals surface area (Å²) in [6.45, 7) is 11.4. The third-order valence-electron chi connectivity index (χ3n) is 4.38. The lowest BCUT2D eigenvalue weighted by Crippen LogP contribution is -2.38. The fourth-order valence-electron chi connectivity index (χ4n) is 3.02. The molecule has 0 aliphatic carbocycles. The standard InChI is InChI=1S/C16H25ClN2/c1-11-9-14(18)13(17)10-15(11)19-7-5-12(6-8-19)16(2,3)4/h9-10,12H,5-8,18H2,1-4H3. The number of benzene rings is 1. The van der Waals surface area contributed by atoms with Crippen molar-refractivity contribution in [2.75, 3.05) is 23.7 Å². The zero-order valence-electron chi connectivity index (χ0n) is 12.5. The monoisotopic (exact) mass is 280 g/mol. The molecule has 0 spiro atoms. The summed E-state index contributed by atoms with van der Waals surface area (Å²) in [5.74, 6) is 0.813. The van der Waals surface area contributed by atoms with E-state index in [9.17, 15) is 0 Å². The molecule has 1 aromatic carbocycles. The SMILES string of the molecule is Cc1cc(N)c(Cl)cc1N1CCC(C(C)(C)C)CC1. The van der Waals surface area contributed by atoms with Crippen LogP contribution in [0.1, 0.15) is 39.2 Å². The molecule has 0 atom stereocenters. The summed E-state index contributed by atoms with van der Waals surface area (Å²) in [5, 5.41) is 0.665. The maximum Gasteiger partial charge on any atom is 0.0656 e. The Morgan fingerprint density at radius 1 is 1.21 bits per heavy atom. The van der Waals surface area contributed by atoms with Crippen LogP contribution in [0.15, 0.2) is 12.1 Å². The molecule has 0 aromatic heterocycles. The van der Waals surface area contributed by atoms with Crippen LogP contribution in [-0.2, 0) is 0 Å². The van der Waals surface area contributed by atoms with E-state index in [1.165, 1.54) is 24.1 Å². The van der Waals surface area contributed by atoms with Crippen molar-refractivity contribution in [3.8, 4) is 0 Å². The first-order chi connectivity index (χ1) is 8.79. The largest absolute Gasteiger partial charge is 0.398 e. The van der Waals surface area contributed by atoms with E-state index in [0.717, 1.165) is 19.0 Å². The number of nitrogens with zero attached hydrogens (tertiary/aromatic N) is 1. The molecule has 2 N–H and O–H groups in total. The molecule has 0 saturated carbocycles. The van der Waals surface area contributed by atoms with Crippen LogP contribution in [0, 0.1) is 18.3 Å². The number of aryl methyl sites for hydroxylation is 1. The predicted octanol–water partition coefficient (Wildman–Crippen LogP) is 4.49. The lowest BCUT2D eigenvalue weighted by Gasteiger charge is -2.40. The normalized spacial score (nSPS) is 17.8. The van der Waals surface area contributed by atoms with Crippen molar-refractivity contribution in [1.82, 2.24) is 0 Å². The van der Waals surface area contributed by atoms with Crippen LogP contribution in [0.25, 0.3) is 0 Å². The number of rotatable bonds is 1. The number of nitrogen functional groups attached to an aromatic ring is 1. The number of piperidine rings is 1. The number of nitrogens with two attached hydrogens (primary N) is 1. The van der Waals surface area contributed by atoms with Crippen molar-refractivity contribution < 1.29 is 0 Å². The van der Waals surface area contributed by atoms with Gasteiger partial charge in [-0.05, 0) is 48.8 Å². The van der Waals surface area contributed by atoms with Gasteiger partial charge in [0.1, 0.15) is 0 Å². The maximum atomic E-state index is 6.15. The molecule has 1 aliphatic heterocycles. The Labute approximate surface area is 121 Å². The van der Waals surface area contributed by atoms with Gasteiger partial charge in [0.15, 0.2) is 0 Å². The summed E-state index contributed by atoms with van der Waals surface area (Å²) in [6.07, 6.45) is 2.51. The van der Waals surface area contributed by atoms with Crippen molar-refractivity contribution in [3.05, 3.63) is 22.7 Å². The molecule has 1 aromatic rings. The highest BCUT2D eigenvalue weighted by atomic mass is 35.5. The highest BCUT2D eigenvalue weighted by Gasteiger charge is 2.29. The van der Waals surface area contributed by atoms with E-state index in [2.05, 4.69) is 32.6 Å². The average molecular weight is 281 g/mol. The van der Waals surface area contributed by atoms with Crippen LogP contribution in [0.5, 0.6) is 0 Å². The minimum absolute atomic E-state index is 0.417. The van der Waals surface area contributed by atoms with E-state index >= 15 is 0 Å². The molecule has 0 amide bonds. The minimum atomic E-state index is 0.417. The molecule has 0 bridgehead atoms. The molecular weight excluding hydrogens is 256 g/mol. The summed E-state index contributed by atoms with van der Waals surface area (Å²) in [7, 11) is 0. The second kappa shape index (κ2) is 5.24. The Bertz CT molecular complexity index is 455. The first-order valence-corrected chi connectivity index (χ1v) is 7.47. The maximum absolute atomic E-state index is 6.15. The van der Waals surface area contributed by atoms with Crippen molar-refractivity contribution in [2.45, 2.75) is 40.5 Å². The average Bonchev–Trinajstić information content (AvgIpc) is 2.33. The molecule has 106 valence electrons. The predicted molar refractivity (Wildman–Crippen MR) is 85.0 cm³/mol. The Morgan fingerprint density at radius 3 is 2.32 bits per heavy atom. The van der Waals surface area contributed by atoms with E-state index < -0.39 is 0 Å². The summed E-state index contributed by atoms with van der Waals surface area (Å²) in [6, 6.07) is 4.00. The summed E-state index contributed by atoms with van der Waals surface area (Å²) in [5.41, 5.74) is 9.40. The Morgan fingerprint density at radius 2 is 1.79 bits per heavy atom. The lowest BCUT2D eigenvalue weighted by atomic mass is 9.75. The fourth-order valence-corrected chi connectivity index (χ4v) is 3.18. The molecule has 0 radical (unpaired) electrons. The first kappa shape index (κ1) is 14.5. The molecule has 2 nitrogen and oxygen atoms in total. The van der Waals surface area contributed by atoms with Gasteiger partial charge in [-0.15, -0.1) is 0 Å². The molecular formula is C16H25ClN2. The van der Waals surface area contributed by atoms with Crippen LogP contribution in [0.3, 0.4) is 0 Å². The van der Waals surface area contributed by atoms with Gasteiger partial charge in [-0.1, -0.05) is 32.4 Å². The number of anilines is 2. The quantitative estimate of drug-likeness (QED) is 0.768. The zero-order valence-corrected chi connectivity index (χ0v) is 13.2. The van der Waals surface area contributed by atoms with Crippen LogP contribution in [-0.4, -0.2) is 13.1 Å². The number of hydrogen-bond acceptors (Lipinski definition) is 2. The fraction of sp³-hybridized carbons (Fsp3) is 0.625. The highest BCUT2D eigenvalue weighted by molar-refractivity contribution is 6.33. The van der Waals surface area contributed by atoms with Crippen LogP contribution in [0.2, 0.25) is 5.02 Å².